The quantitative estimate of drug-likeness (QED) is 0.578. The Morgan fingerprint density at radius 1 is 1.32 bits per heavy atom. The first kappa shape index (κ1) is 14.7. The Kier molecular flexibility index (Phi) is 5.01. The molecule has 0 fully saturated rings. The van der Waals surface area contributed by atoms with Gasteiger partial charge in [0.2, 0.25) is 0 Å². The van der Waals surface area contributed by atoms with Gasteiger partial charge in [0, 0.05) is 11.3 Å². The van der Waals surface area contributed by atoms with Crippen LogP contribution in [0.4, 0.5) is 10.5 Å². The Hall–Kier alpha value is -2.41. The van der Waals surface area contributed by atoms with Crippen LogP contribution in [0.25, 0.3) is 0 Å². The number of rotatable bonds is 5. The van der Waals surface area contributed by atoms with Gasteiger partial charge >= 0.3 is 12.0 Å². The predicted octanol–water partition coefficient (Wildman–Crippen LogP) is 0.456. The molecule has 7 heteroatoms. The number of hydrogen-bond acceptors (Lipinski definition) is 4. The van der Waals surface area contributed by atoms with Crippen molar-refractivity contribution in [1.82, 2.24) is 5.32 Å². The van der Waals surface area contributed by atoms with Crippen LogP contribution in [-0.4, -0.2) is 40.6 Å². The molecule has 0 saturated carbocycles. The summed E-state index contributed by atoms with van der Waals surface area (Å²) >= 11 is 0. The number of nitrogens with one attached hydrogen (secondary N) is 2. The van der Waals surface area contributed by atoms with E-state index in [2.05, 4.69) is 10.6 Å². The smallest absolute Gasteiger partial charge is 0.328 e. The summed E-state index contributed by atoms with van der Waals surface area (Å²) in [6.07, 6.45) is 0. The molecule has 0 aliphatic heterocycles. The van der Waals surface area contributed by atoms with E-state index in [1.807, 2.05) is 0 Å². The molecule has 4 N–H and O–H groups in total. The van der Waals surface area contributed by atoms with Crippen molar-refractivity contribution < 1.29 is 24.6 Å². The Labute approximate surface area is 109 Å². The van der Waals surface area contributed by atoms with Gasteiger partial charge in [-0.15, -0.1) is 0 Å². The van der Waals surface area contributed by atoms with Crippen LogP contribution in [-0.2, 0) is 4.79 Å². The second kappa shape index (κ2) is 6.50. The summed E-state index contributed by atoms with van der Waals surface area (Å²) in [7, 11) is 0. The molecule has 0 spiro atoms. The maximum atomic E-state index is 11.5. The highest BCUT2D eigenvalue weighted by Crippen LogP contribution is 2.10. The summed E-state index contributed by atoms with van der Waals surface area (Å²) in [6, 6.07) is 4.06. The third-order valence-corrected chi connectivity index (χ3v) is 2.31. The Morgan fingerprint density at radius 2 is 2.00 bits per heavy atom. The number of Topliss-reactive ketones (excluding diaryl/α,β-unsaturated/α-hetero) is 1. The molecule has 19 heavy (non-hydrogen) atoms. The van der Waals surface area contributed by atoms with Crippen molar-refractivity contribution in [2.75, 3.05) is 11.9 Å². The molecule has 0 aliphatic rings. The lowest BCUT2D eigenvalue weighted by molar-refractivity contribution is -0.140. The number of aliphatic hydroxyl groups excluding tert-OH is 1. The van der Waals surface area contributed by atoms with Gasteiger partial charge in [-0.1, -0.05) is 12.1 Å². The minimum atomic E-state index is -1.38. The van der Waals surface area contributed by atoms with Gasteiger partial charge in [-0.2, -0.15) is 0 Å². The largest absolute Gasteiger partial charge is 0.480 e. The number of amides is 2. The lowest BCUT2D eigenvalue weighted by atomic mass is 10.1. The number of carboxylic acid groups (broad SMARTS) is 1. The first-order valence-electron chi connectivity index (χ1n) is 5.46. The van der Waals surface area contributed by atoms with Crippen LogP contribution in [0, 0.1) is 0 Å². The summed E-state index contributed by atoms with van der Waals surface area (Å²) in [5.74, 6) is -1.49. The molecule has 0 radical (unpaired) electrons. The second-order valence-electron chi connectivity index (χ2n) is 3.81. The summed E-state index contributed by atoms with van der Waals surface area (Å²) in [5, 5.41) is 21.9. The number of carboxylic acids is 1. The van der Waals surface area contributed by atoms with Crippen molar-refractivity contribution in [2.24, 2.45) is 0 Å². The van der Waals surface area contributed by atoms with E-state index in [0.29, 0.717) is 11.3 Å². The first-order chi connectivity index (χ1) is 8.93. The molecule has 1 aromatic carbocycles. The second-order valence-corrected chi connectivity index (χ2v) is 3.81. The van der Waals surface area contributed by atoms with Crippen LogP contribution in [0.1, 0.15) is 17.3 Å². The molecule has 2 amide bonds. The van der Waals surface area contributed by atoms with E-state index in [1.54, 1.807) is 18.2 Å². The zero-order valence-electron chi connectivity index (χ0n) is 10.2. The first-order valence-corrected chi connectivity index (χ1v) is 5.46. The van der Waals surface area contributed by atoms with Gasteiger partial charge in [-0.3, -0.25) is 4.79 Å². The van der Waals surface area contributed by atoms with Crippen LogP contribution in [0.3, 0.4) is 0 Å². The van der Waals surface area contributed by atoms with E-state index in [0.717, 1.165) is 0 Å². The highest BCUT2D eigenvalue weighted by atomic mass is 16.4. The van der Waals surface area contributed by atoms with E-state index in [1.165, 1.54) is 13.0 Å². The van der Waals surface area contributed by atoms with Gasteiger partial charge in [0.1, 0.15) is 0 Å². The maximum Gasteiger partial charge on any atom is 0.328 e. The molecular formula is C12H14N2O5. The van der Waals surface area contributed by atoms with Crippen LogP contribution in [0.2, 0.25) is 0 Å². The van der Waals surface area contributed by atoms with Crippen molar-refractivity contribution in [3.8, 4) is 0 Å². The highest BCUT2D eigenvalue weighted by Gasteiger charge is 2.18. The number of hydrogen-bond donors (Lipinski definition) is 4. The van der Waals surface area contributed by atoms with Crippen molar-refractivity contribution in [2.45, 2.75) is 13.0 Å². The summed E-state index contributed by atoms with van der Waals surface area (Å²) in [5.41, 5.74) is 0.780. The monoisotopic (exact) mass is 266 g/mol. The average molecular weight is 266 g/mol. The Balaban J connectivity index is 2.69. The molecular weight excluding hydrogens is 252 g/mol. The van der Waals surface area contributed by atoms with Crippen LogP contribution < -0.4 is 10.6 Å². The molecule has 7 nitrogen and oxygen atoms in total. The maximum absolute atomic E-state index is 11.5. The van der Waals surface area contributed by atoms with Gasteiger partial charge in [-0.25, -0.2) is 9.59 Å². The van der Waals surface area contributed by atoms with Crippen LogP contribution in [0.5, 0.6) is 0 Å². The molecule has 1 aromatic rings. The number of urea groups is 1. The lowest BCUT2D eigenvalue weighted by Gasteiger charge is -2.12. The highest BCUT2D eigenvalue weighted by molar-refractivity contribution is 5.97. The summed E-state index contributed by atoms with van der Waals surface area (Å²) < 4.78 is 0. The Bertz CT molecular complexity index is 501. The van der Waals surface area contributed by atoms with Gasteiger partial charge in [-0.05, 0) is 19.1 Å². The number of carbonyl (C=O) groups is 3. The third-order valence-electron chi connectivity index (χ3n) is 2.31. The van der Waals surface area contributed by atoms with E-state index >= 15 is 0 Å². The molecule has 0 aromatic heterocycles. The zero-order chi connectivity index (χ0) is 14.4. The van der Waals surface area contributed by atoms with Crippen LogP contribution in [0.15, 0.2) is 24.3 Å². The molecule has 0 aliphatic carbocycles. The molecule has 0 bridgehead atoms. The number of aliphatic carboxylic acids is 1. The average Bonchev–Trinajstić information content (AvgIpc) is 2.35. The van der Waals surface area contributed by atoms with Gasteiger partial charge in [0.05, 0.1) is 6.61 Å². The van der Waals surface area contributed by atoms with Crippen molar-refractivity contribution in [3.05, 3.63) is 29.8 Å². The molecule has 1 rings (SSSR count). The standard InChI is InChI=1S/C12H14N2O5/c1-7(16)8-3-2-4-9(5-8)13-12(19)14-10(6-15)11(17)18/h2-5,10,15H,6H2,1H3,(H,17,18)(H2,13,14,19)/t10-/m1/s1. The lowest BCUT2D eigenvalue weighted by Crippen LogP contribution is -2.45. The number of anilines is 1. The van der Waals surface area contributed by atoms with E-state index < -0.39 is 24.6 Å². The minimum Gasteiger partial charge on any atom is -0.480 e. The molecule has 0 saturated heterocycles. The molecule has 0 heterocycles. The molecule has 0 unspecified atom stereocenters. The fourth-order valence-electron chi connectivity index (χ4n) is 1.33. The van der Waals surface area contributed by atoms with Gasteiger partial charge < -0.3 is 20.8 Å². The third kappa shape index (κ3) is 4.40. The SMILES string of the molecule is CC(=O)c1cccc(NC(=O)N[C@H](CO)C(=O)O)c1. The van der Waals surface area contributed by atoms with Gasteiger partial charge in [0.25, 0.3) is 0 Å². The summed E-state index contributed by atoms with van der Waals surface area (Å²) in [4.78, 5) is 33.3. The van der Waals surface area contributed by atoms with Crippen molar-refractivity contribution >= 4 is 23.5 Å². The predicted molar refractivity (Wildman–Crippen MR) is 67.1 cm³/mol. The zero-order valence-corrected chi connectivity index (χ0v) is 10.2. The number of carbonyl (C=O) groups excluding carboxylic acids is 2. The summed E-state index contributed by atoms with van der Waals surface area (Å²) in [6.45, 7) is 0.682. The normalized spacial score (nSPS) is 11.5. The minimum absolute atomic E-state index is 0.150. The van der Waals surface area contributed by atoms with E-state index in [4.69, 9.17) is 10.2 Å². The topological polar surface area (TPSA) is 116 Å². The van der Waals surface area contributed by atoms with Gasteiger partial charge in [0.15, 0.2) is 11.8 Å². The van der Waals surface area contributed by atoms with E-state index in [-0.39, 0.29) is 5.78 Å². The molecule has 1 atom stereocenters. The number of aliphatic hydroxyl groups is 1. The Morgan fingerprint density at radius 3 is 2.53 bits per heavy atom. The fourth-order valence-corrected chi connectivity index (χ4v) is 1.33. The number of ketones is 1. The van der Waals surface area contributed by atoms with Crippen molar-refractivity contribution in [1.29, 1.82) is 0 Å². The number of benzene rings is 1. The van der Waals surface area contributed by atoms with Crippen LogP contribution >= 0.6 is 0 Å². The fraction of sp³-hybridized carbons (Fsp3) is 0.250. The van der Waals surface area contributed by atoms with Crippen molar-refractivity contribution in [3.63, 3.8) is 0 Å². The molecule has 102 valence electrons. The van der Waals surface area contributed by atoms with E-state index in [9.17, 15) is 14.4 Å².